The van der Waals surface area contributed by atoms with E-state index in [2.05, 4.69) is 15.5 Å². The quantitative estimate of drug-likeness (QED) is 0.383. The van der Waals surface area contributed by atoms with Crippen LogP contribution in [0.1, 0.15) is 21.5 Å². The lowest BCUT2D eigenvalue weighted by Crippen LogP contribution is -2.74. The maximum absolute atomic E-state index is 12.2. The number of phenols is 1. The van der Waals surface area contributed by atoms with Gasteiger partial charge < -0.3 is 5.11 Å². The van der Waals surface area contributed by atoms with Gasteiger partial charge in [-0.2, -0.15) is 0 Å². The minimum Gasteiger partial charge on any atom is -0.507 e. The molecule has 0 heterocycles. The molecule has 26 heavy (non-hydrogen) atoms. The van der Waals surface area contributed by atoms with Crippen LogP contribution < -0.4 is 10.4 Å². The summed E-state index contributed by atoms with van der Waals surface area (Å²) in [6.45, 7) is 0. The number of amides is 1. The van der Waals surface area contributed by atoms with Crippen molar-refractivity contribution in [3.8, 4) is 5.75 Å². The first-order chi connectivity index (χ1) is 12.7. The third-order valence-electron chi connectivity index (χ3n) is 3.64. The monoisotopic (exact) mass is 344 g/mol. The van der Waals surface area contributed by atoms with Crippen LogP contribution in [0.3, 0.4) is 0 Å². The first-order valence-corrected chi connectivity index (χ1v) is 8.10. The van der Waals surface area contributed by atoms with Crippen molar-refractivity contribution in [3.05, 3.63) is 102 Å². The molecule has 5 heteroatoms. The summed E-state index contributed by atoms with van der Waals surface area (Å²) in [5.41, 5.74) is 4.43. The molecule has 0 unspecified atom stereocenters. The predicted octanol–water partition coefficient (Wildman–Crippen LogP) is 1.68. The predicted molar refractivity (Wildman–Crippen MR) is 101 cm³/mol. The van der Waals surface area contributed by atoms with Gasteiger partial charge in [-0.1, -0.05) is 60.7 Å². The minimum absolute atomic E-state index is 0.0640. The molecule has 0 bridgehead atoms. The molecule has 0 atom stereocenters. The van der Waals surface area contributed by atoms with Crippen LogP contribution in [0.15, 0.2) is 90.0 Å². The van der Waals surface area contributed by atoms with E-state index in [1.165, 1.54) is 0 Å². The Hall–Kier alpha value is -3.73. The van der Waals surface area contributed by atoms with Crippen LogP contribution in [0, 0.1) is 0 Å². The van der Waals surface area contributed by atoms with Gasteiger partial charge in [0.25, 0.3) is 5.91 Å². The van der Waals surface area contributed by atoms with E-state index in [-0.39, 0.29) is 11.7 Å². The molecule has 0 aliphatic rings. The van der Waals surface area contributed by atoms with Gasteiger partial charge >= 0.3 is 5.84 Å². The van der Waals surface area contributed by atoms with Crippen molar-refractivity contribution < 1.29 is 14.9 Å². The van der Waals surface area contributed by atoms with E-state index in [4.69, 9.17) is 0 Å². The highest BCUT2D eigenvalue weighted by Crippen LogP contribution is 2.14. The van der Waals surface area contributed by atoms with Crippen LogP contribution in [-0.4, -0.2) is 23.1 Å². The number of benzene rings is 3. The number of para-hydroxylation sites is 1. The van der Waals surface area contributed by atoms with E-state index in [1.807, 2.05) is 36.4 Å². The van der Waals surface area contributed by atoms with Gasteiger partial charge in [0.15, 0.2) is 0 Å². The second-order valence-corrected chi connectivity index (χ2v) is 5.48. The van der Waals surface area contributed by atoms with Crippen molar-refractivity contribution in [2.75, 3.05) is 0 Å². The average molecular weight is 344 g/mol. The fourth-order valence-corrected chi connectivity index (χ4v) is 2.31. The number of nitrogens with zero attached hydrogens (tertiary/aromatic N) is 1. The zero-order valence-electron chi connectivity index (χ0n) is 14.0. The Balaban J connectivity index is 1.89. The third kappa shape index (κ3) is 4.42. The maximum atomic E-state index is 12.2. The van der Waals surface area contributed by atoms with Crippen molar-refractivity contribution in [3.63, 3.8) is 0 Å². The number of hydrogen-bond donors (Lipinski definition) is 3. The van der Waals surface area contributed by atoms with Gasteiger partial charge in [0.1, 0.15) is 11.3 Å². The van der Waals surface area contributed by atoms with Crippen LogP contribution in [0.2, 0.25) is 0 Å². The zero-order valence-corrected chi connectivity index (χ0v) is 14.0. The molecule has 3 aromatic rings. The first kappa shape index (κ1) is 17.1. The molecule has 5 nitrogen and oxygen atoms in total. The highest BCUT2D eigenvalue weighted by Gasteiger charge is 2.16. The van der Waals surface area contributed by atoms with Gasteiger partial charge in [-0.25, -0.2) is 4.99 Å². The summed E-state index contributed by atoms with van der Waals surface area (Å²) in [6, 6.07) is 25.2. The normalized spacial score (nSPS) is 11.5. The lowest BCUT2D eigenvalue weighted by molar-refractivity contribution is -0.307. The molecule has 0 fully saturated rings. The fourth-order valence-electron chi connectivity index (χ4n) is 2.31. The van der Waals surface area contributed by atoms with Crippen molar-refractivity contribution in [1.29, 1.82) is 0 Å². The minimum atomic E-state index is -0.333. The summed E-state index contributed by atoms with van der Waals surface area (Å²) in [7, 11) is 0. The number of amidine groups is 1. The molecule has 3 aromatic carbocycles. The highest BCUT2D eigenvalue weighted by molar-refractivity contribution is 5.99. The lowest BCUT2D eigenvalue weighted by atomic mass is 10.2. The highest BCUT2D eigenvalue weighted by atomic mass is 16.3. The van der Waals surface area contributed by atoms with E-state index < -0.39 is 0 Å². The van der Waals surface area contributed by atoms with Crippen molar-refractivity contribution in [2.45, 2.75) is 0 Å². The van der Waals surface area contributed by atoms with Gasteiger partial charge in [0, 0.05) is 11.1 Å². The maximum Gasteiger partial charge on any atom is 0.357 e. The van der Waals surface area contributed by atoms with Crippen LogP contribution in [0.5, 0.6) is 5.75 Å². The van der Waals surface area contributed by atoms with Gasteiger partial charge in [0.2, 0.25) is 0 Å². The molecule has 3 N–H and O–H groups in total. The second kappa shape index (κ2) is 8.39. The molecular formula is C21H18N3O2+. The summed E-state index contributed by atoms with van der Waals surface area (Å²) in [5.74, 6) is 0.0606. The number of hydrogen-bond acceptors (Lipinski definition) is 3. The van der Waals surface area contributed by atoms with E-state index >= 15 is 0 Å². The van der Waals surface area contributed by atoms with Crippen LogP contribution >= 0.6 is 0 Å². The van der Waals surface area contributed by atoms with Gasteiger partial charge in [-0.05, 0) is 24.3 Å². The summed E-state index contributed by atoms with van der Waals surface area (Å²) < 4.78 is 0. The van der Waals surface area contributed by atoms with Gasteiger partial charge in [0.05, 0.1) is 11.3 Å². The molecule has 1 amide bonds. The Morgan fingerprint density at radius 1 is 0.885 bits per heavy atom. The third-order valence-corrected chi connectivity index (χ3v) is 3.64. The Kier molecular flexibility index (Phi) is 5.52. The summed E-state index contributed by atoms with van der Waals surface area (Å²) in [6.07, 6.45) is 1.75. The number of aromatic hydroxyl groups is 1. The van der Waals surface area contributed by atoms with E-state index in [9.17, 15) is 9.90 Å². The number of carbonyl (C=O) groups excluding carboxylic acids is 1. The molecule has 0 saturated carbocycles. The number of hydrazone groups is 1. The van der Waals surface area contributed by atoms with Crippen LogP contribution in [0.4, 0.5) is 0 Å². The smallest absolute Gasteiger partial charge is 0.357 e. The Labute approximate surface area is 151 Å². The summed E-state index contributed by atoms with van der Waals surface area (Å²) in [5, 5.41) is 14.3. The molecule has 0 radical (unpaired) electrons. The topological polar surface area (TPSA) is 75.7 Å². The molecular weight excluding hydrogens is 326 g/mol. The average Bonchev–Trinajstić information content (AvgIpc) is 2.70. The Morgan fingerprint density at radius 3 is 2.19 bits per heavy atom. The van der Waals surface area contributed by atoms with E-state index in [1.54, 1.807) is 54.7 Å². The van der Waals surface area contributed by atoms with Gasteiger partial charge in [-0.15, -0.1) is 5.43 Å². The lowest BCUT2D eigenvalue weighted by Gasteiger charge is -1.99. The van der Waals surface area contributed by atoms with Crippen molar-refractivity contribution in [2.24, 2.45) is 5.10 Å². The summed E-state index contributed by atoms with van der Waals surface area (Å²) in [4.78, 5) is 15.3. The van der Waals surface area contributed by atoms with Crippen LogP contribution in [-0.2, 0) is 0 Å². The number of nitrogens with one attached hydrogen (secondary N) is 2. The largest absolute Gasteiger partial charge is 0.507 e. The molecule has 0 spiro atoms. The first-order valence-electron chi connectivity index (χ1n) is 8.10. The number of carbonyl (C=O) groups is 1. The SMILES string of the molecule is O=C(NN=C([NH+]=Cc1ccccc1)c1ccccc1O)c1ccccc1. The van der Waals surface area contributed by atoms with E-state index in [0.717, 1.165) is 5.56 Å². The second-order valence-electron chi connectivity index (χ2n) is 5.48. The Bertz CT molecular complexity index is 936. The van der Waals surface area contributed by atoms with Crippen molar-refractivity contribution >= 4 is 18.0 Å². The summed E-state index contributed by atoms with van der Waals surface area (Å²) >= 11 is 0. The molecule has 0 aromatic heterocycles. The van der Waals surface area contributed by atoms with Gasteiger partial charge in [-0.3, -0.25) is 4.79 Å². The standard InChI is InChI=1S/C21H17N3O2/c25-19-14-8-7-13-18(19)20(22-15-16-9-3-1-4-10-16)23-24-21(26)17-11-5-2-6-12-17/h1-15,25H,(H,24,26)/p+1. The molecule has 3 rings (SSSR count). The van der Waals surface area contributed by atoms with Crippen molar-refractivity contribution in [1.82, 2.24) is 5.43 Å². The molecule has 0 aliphatic heterocycles. The zero-order chi connectivity index (χ0) is 18.2. The fraction of sp³-hybridized carbons (Fsp3) is 0. The molecule has 0 saturated heterocycles. The molecule has 128 valence electrons. The Morgan fingerprint density at radius 2 is 1.50 bits per heavy atom. The van der Waals surface area contributed by atoms with E-state index in [0.29, 0.717) is 17.0 Å². The van der Waals surface area contributed by atoms with Crippen LogP contribution in [0.25, 0.3) is 0 Å². The number of rotatable bonds is 4. The molecule has 0 aliphatic carbocycles. The number of phenolic OH excluding ortho intramolecular Hbond substituents is 1.